The fraction of sp³-hybridized carbons (Fsp3) is 0.917. The average Bonchev–Trinajstić information content (AvgIpc) is 3.18. The minimum atomic E-state index is -1.10. The van der Waals surface area contributed by atoms with Crippen molar-refractivity contribution in [2.24, 2.45) is 39.9 Å². The zero-order valence-corrected chi connectivity index (χ0v) is 19.2. The van der Waals surface area contributed by atoms with E-state index < -0.39 is 28.3 Å². The molecule has 1 amide bonds. The van der Waals surface area contributed by atoms with E-state index in [4.69, 9.17) is 14.2 Å². The Kier molecular flexibility index (Phi) is 4.05. The Morgan fingerprint density at radius 3 is 2.52 bits per heavy atom. The predicted octanol–water partition coefficient (Wildman–Crippen LogP) is 1.26. The van der Waals surface area contributed by atoms with Crippen LogP contribution >= 0.6 is 0 Å². The third-order valence-corrected chi connectivity index (χ3v) is 11.0. The van der Waals surface area contributed by atoms with Gasteiger partial charge in [0, 0.05) is 56.6 Å². The van der Waals surface area contributed by atoms with Crippen molar-refractivity contribution in [3.05, 3.63) is 0 Å². The SMILES string of the molecule is CCN1C(=O)[C@]2(C)CC[C@H](OC)[C@]34[C@@H]5C[C@H]6[C@H](OC)[C@@H]5[C@@](C[C@@H]6OC)([C@@H]13)[C@@H](O)C(=O)[C@@H]42. The summed E-state index contributed by atoms with van der Waals surface area (Å²) in [5, 5.41) is 11.8. The molecule has 0 unspecified atom stereocenters. The van der Waals surface area contributed by atoms with Crippen molar-refractivity contribution in [3.8, 4) is 0 Å². The second-order valence-electron chi connectivity index (χ2n) is 11.2. The fourth-order valence-electron chi connectivity index (χ4n) is 10.5. The lowest BCUT2D eigenvalue weighted by Crippen LogP contribution is -2.81. The van der Waals surface area contributed by atoms with E-state index in [-0.39, 0.29) is 53.8 Å². The van der Waals surface area contributed by atoms with E-state index >= 15 is 0 Å². The summed E-state index contributed by atoms with van der Waals surface area (Å²) in [6.45, 7) is 4.57. The van der Waals surface area contributed by atoms with Crippen LogP contribution in [0.3, 0.4) is 0 Å². The van der Waals surface area contributed by atoms with Crippen LogP contribution in [0.1, 0.15) is 39.5 Å². The van der Waals surface area contributed by atoms with Crippen LogP contribution in [0.4, 0.5) is 0 Å². The summed E-state index contributed by atoms with van der Waals surface area (Å²) in [4.78, 5) is 30.0. The second kappa shape index (κ2) is 6.10. The number of ether oxygens (including phenoxy) is 3. The lowest BCUT2D eigenvalue weighted by Gasteiger charge is -2.70. The van der Waals surface area contributed by atoms with Crippen LogP contribution < -0.4 is 0 Å². The highest BCUT2D eigenvalue weighted by Crippen LogP contribution is 2.81. The molecule has 12 atom stereocenters. The summed E-state index contributed by atoms with van der Waals surface area (Å²) in [6, 6.07) is -0.222. The highest BCUT2D eigenvalue weighted by molar-refractivity contribution is 5.99. The Bertz CT molecular complexity index is 848. The van der Waals surface area contributed by atoms with Gasteiger partial charge in [0.25, 0.3) is 0 Å². The lowest BCUT2D eigenvalue weighted by atomic mass is 9.40. The Labute approximate surface area is 183 Å². The molecule has 0 radical (unpaired) electrons. The molecule has 5 saturated carbocycles. The number of nitrogens with zero attached hydrogens (tertiary/aromatic N) is 1. The molecule has 0 aromatic heterocycles. The molecule has 6 rings (SSSR count). The molecule has 5 aliphatic carbocycles. The Morgan fingerprint density at radius 1 is 1.16 bits per heavy atom. The van der Waals surface area contributed by atoms with E-state index in [9.17, 15) is 14.7 Å². The van der Waals surface area contributed by atoms with Crippen LogP contribution in [-0.4, -0.2) is 80.0 Å². The average molecular weight is 434 g/mol. The number of carbonyl (C=O) groups excluding carboxylic acids is 2. The summed E-state index contributed by atoms with van der Waals surface area (Å²) in [6.07, 6.45) is 1.54. The van der Waals surface area contributed by atoms with E-state index in [1.54, 1.807) is 21.3 Å². The summed E-state index contributed by atoms with van der Waals surface area (Å²) in [5.41, 5.74) is -1.98. The molecular formula is C24H35NO6. The molecule has 1 N–H and O–H groups in total. The quantitative estimate of drug-likeness (QED) is 0.719. The molecule has 0 aromatic rings. The standard InChI is InChI=1S/C24H35NO6/c1-6-25-20-23-10-13(29-3)11-9-12(15(23)17(11)31-5)24(20)14(30-4)7-8-22(2,21(25)28)18(24)16(26)19(23)27/h11-15,17-20,27H,6-10H2,1-5H3/t11-,12-,13+,14+,15-,17+,18-,19+,20-,22-,23-,24+/m1/s1. The first-order valence-electron chi connectivity index (χ1n) is 11.9. The molecule has 6 fully saturated rings. The molecule has 172 valence electrons. The van der Waals surface area contributed by atoms with Gasteiger partial charge in [-0.2, -0.15) is 0 Å². The van der Waals surface area contributed by atoms with Crippen LogP contribution in [0.2, 0.25) is 0 Å². The number of ketones is 1. The number of likely N-dealkylation sites (tertiary alicyclic amines) is 1. The van der Waals surface area contributed by atoms with Gasteiger partial charge in [-0.3, -0.25) is 9.59 Å². The minimum absolute atomic E-state index is 0.0304. The van der Waals surface area contributed by atoms with Crippen molar-refractivity contribution in [1.82, 2.24) is 4.90 Å². The maximum atomic E-state index is 14.1. The summed E-state index contributed by atoms with van der Waals surface area (Å²) in [7, 11) is 5.22. The molecule has 31 heavy (non-hydrogen) atoms. The minimum Gasteiger partial charge on any atom is -0.385 e. The van der Waals surface area contributed by atoms with E-state index in [0.717, 1.165) is 12.8 Å². The number of hydrogen-bond donors (Lipinski definition) is 1. The van der Waals surface area contributed by atoms with Crippen LogP contribution in [0.15, 0.2) is 0 Å². The van der Waals surface area contributed by atoms with E-state index in [0.29, 0.717) is 19.4 Å². The predicted molar refractivity (Wildman–Crippen MR) is 110 cm³/mol. The van der Waals surface area contributed by atoms with Crippen LogP contribution in [-0.2, 0) is 23.8 Å². The molecule has 1 saturated heterocycles. The van der Waals surface area contributed by atoms with Crippen molar-refractivity contribution >= 4 is 11.7 Å². The van der Waals surface area contributed by atoms with Gasteiger partial charge in [0.2, 0.25) is 5.91 Å². The topological polar surface area (TPSA) is 85.3 Å². The number of aliphatic hydroxyl groups is 1. The van der Waals surface area contributed by atoms with Gasteiger partial charge in [-0.05, 0) is 44.4 Å². The lowest BCUT2D eigenvalue weighted by molar-refractivity contribution is -0.258. The second-order valence-corrected chi connectivity index (χ2v) is 11.2. The third-order valence-electron chi connectivity index (χ3n) is 11.0. The Balaban J connectivity index is 1.70. The van der Waals surface area contributed by atoms with Crippen molar-refractivity contribution in [2.45, 2.75) is 70.0 Å². The van der Waals surface area contributed by atoms with E-state index in [1.165, 1.54) is 0 Å². The van der Waals surface area contributed by atoms with Crippen molar-refractivity contribution in [2.75, 3.05) is 27.9 Å². The molecule has 7 heteroatoms. The van der Waals surface area contributed by atoms with Crippen molar-refractivity contribution in [3.63, 3.8) is 0 Å². The number of Topliss-reactive ketones (excluding diaryl/α,β-unsaturated/α-hetero) is 1. The number of rotatable bonds is 4. The first-order chi connectivity index (χ1) is 14.8. The molecule has 1 heterocycles. The van der Waals surface area contributed by atoms with Gasteiger partial charge in [0.15, 0.2) is 5.78 Å². The number of fused-ring (bicyclic) bond motifs is 1. The number of hydrogen-bond acceptors (Lipinski definition) is 6. The fourth-order valence-corrected chi connectivity index (χ4v) is 10.5. The molecular weight excluding hydrogens is 398 g/mol. The number of methoxy groups -OCH3 is 3. The van der Waals surface area contributed by atoms with Crippen LogP contribution in [0.5, 0.6) is 0 Å². The first-order valence-corrected chi connectivity index (χ1v) is 11.9. The maximum absolute atomic E-state index is 14.1. The Hall–Kier alpha value is -1.02. The van der Waals surface area contributed by atoms with Gasteiger partial charge in [-0.15, -0.1) is 0 Å². The molecule has 0 aromatic carbocycles. The summed E-state index contributed by atoms with van der Waals surface area (Å²) < 4.78 is 18.2. The van der Waals surface area contributed by atoms with Gasteiger partial charge in [-0.1, -0.05) is 6.92 Å². The third kappa shape index (κ3) is 1.81. The smallest absolute Gasteiger partial charge is 0.229 e. The number of amides is 1. The van der Waals surface area contributed by atoms with Crippen molar-refractivity contribution in [1.29, 1.82) is 0 Å². The highest BCUT2D eigenvalue weighted by atomic mass is 16.5. The molecule has 7 nitrogen and oxygen atoms in total. The van der Waals surface area contributed by atoms with Gasteiger partial charge >= 0.3 is 0 Å². The monoisotopic (exact) mass is 433 g/mol. The molecule has 7 bridgehead atoms. The molecule has 2 spiro atoms. The summed E-state index contributed by atoms with van der Waals surface area (Å²) in [5.74, 6) is -0.101. The number of piperidine rings is 1. The van der Waals surface area contributed by atoms with Crippen LogP contribution in [0.25, 0.3) is 0 Å². The number of carbonyl (C=O) groups is 2. The molecule has 6 aliphatic rings. The van der Waals surface area contributed by atoms with E-state index in [2.05, 4.69) is 0 Å². The summed E-state index contributed by atoms with van der Waals surface area (Å²) >= 11 is 0. The van der Waals surface area contributed by atoms with Gasteiger partial charge in [0.1, 0.15) is 6.10 Å². The van der Waals surface area contributed by atoms with Gasteiger partial charge in [0.05, 0.1) is 23.7 Å². The maximum Gasteiger partial charge on any atom is 0.229 e. The zero-order chi connectivity index (χ0) is 22.1. The first kappa shape index (κ1) is 20.6. The molecule has 1 aliphatic heterocycles. The normalized spacial score (nSPS) is 58.8. The zero-order valence-electron chi connectivity index (χ0n) is 19.2. The Morgan fingerprint density at radius 2 is 1.90 bits per heavy atom. The number of aliphatic hydroxyl groups excluding tert-OH is 1. The largest absolute Gasteiger partial charge is 0.385 e. The highest BCUT2D eigenvalue weighted by Gasteiger charge is 2.89. The van der Waals surface area contributed by atoms with Gasteiger partial charge < -0.3 is 24.2 Å². The van der Waals surface area contributed by atoms with E-state index in [1.807, 2.05) is 18.7 Å². The van der Waals surface area contributed by atoms with Crippen molar-refractivity contribution < 1.29 is 28.9 Å². The van der Waals surface area contributed by atoms with Gasteiger partial charge in [-0.25, -0.2) is 0 Å². The van der Waals surface area contributed by atoms with Crippen LogP contribution in [0, 0.1) is 39.9 Å².